The van der Waals surface area contributed by atoms with Gasteiger partial charge in [-0.05, 0) is 38.0 Å². The molecule has 136 valence electrons. The Morgan fingerprint density at radius 2 is 1.62 bits per heavy atom. The monoisotopic (exact) mass is 370 g/mol. The Balaban J connectivity index is 2.08. The standard InChI is InChI=1S/C22H23ClO3/c1-4-22(19(24)17-11-6-7-12-18(17)20(22)25)14-21(3,26-5-2)15-9-8-10-16(23)13-15/h6-13H,4-5,14H2,1-3H3. The minimum absolute atomic E-state index is 0.103. The van der Waals surface area contributed by atoms with Crippen LogP contribution in [-0.4, -0.2) is 18.2 Å². The molecule has 2 aromatic rings. The van der Waals surface area contributed by atoms with Crippen molar-refractivity contribution in [3.05, 3.63) is 70.2 Å². The summed E-state index contributed by atoms with van der Waals surface area (Å²) in [4.78, 5) is 26.5. The Hall–Kier alpha value is -1.97. The van der Waals surface area contributed by atoms with E-state index in [9.17, 15) is 9.59 Å². The van der Waals surface area contributed by atoms with Gasteiger partial charge in [0, 0.05) is 29.2 Å². The smallest absolute Gasteiger partial charge is 0.177 e. The third kappa shape index (κ3) is 2.89. The van der Waals surface area contributed by atoms with Gasteiger partial charge in [-0.15, -0.1) is 0 Å². The summed E-state index contributed by atoms with van der Waals surface area (Å²) in [6.07, 6.45) is 0.722. The van der Waals surface area contributed by atoms with Crippen molar-refractivity contribution >= 4 is 23.2 Å². The predicted octanol–water partition coefficient (Wildman–Crippen LogP) is 5.46. The van der Waals surface area contributed by atoms with Gasteiger partial charge in [-0.1, -0.05) is 54.9 Å². The lowest BCUT2D eigenvalue weighted by Gasteiger charge is -2.37. The number of rotatable bonds is 6. The summed E-state index contributed by atoms with van der Waals surface area (Å²) in [5, 5.41) is 0.603. The minimum atomic E-state index is -1.10. The molecule has 0 spiro atoms. The SMILES string of the molecule is CCOC(C)(CC1(CC)C(=O)c2ccccc2C1=O)c1cccc(Cl)c1. The summed E-state index contributed by atoms with van der Waals surface area (Å²) in [5.41, 5.74) is 0.0173. The Morgan fingerprint density at radius 1 is 1.00 bits per heavy atom. The zero-order valence-electron chi connectivity index (χ0n) is 15.3. The summed E-state index contributed by atoms with van der Waals surface area (Å²) in [6.45, 7) is 6.21. The van der Waals surface area contributed by atoms with E-state index in [2.05, 4.69) is 0 Å². The Bertz CT molecular complexity index is 823. The van der Waals surface area contributed by atoms with Gasteiger partial charge in [0.25, 0.3) is 0 Å². The average molecular weight is 371 g/mol. The molecule has 3 nitrogen and oxygen atoms in total. The van der Waals surface area contributed by atoms with Crippen molar-refractivity contribution in [1.82, 2.24) is 0 Å². The van der Waals surface area contributed by atoms with Crippen LogP contribution in [0, 0.1) is 5.41 Å². The van der Waals surface area contributed by atoms with Crippen LogP contribution in [0.4, 0.5) is 0 Å². The zero-order valence-corrected chi connectivity index (χ0v) is 16.1. The fraction of sp³-hybridized carbons (Fsp3) is 0.364. The van der Waals surface area contributed by atoms with E-state index in [1.165, 1.54) is 0 Å². The number of ketones is 2. The van der Waals surface area contributed by atoms with E-state index in [0.29, 0.717) is 29.2 Å². The summed E-state index contributed by atoms with van der Waals surface area (Å²) in [7, 11) is 0. The van der Waals surface area contributed by atoms with E-state index in [4.69, 9.17) is 16.3 Å². The normalized spacial score (nSPS) is 17.8. The highest BCUT2D eigenvalue weighted by atomic mass is 35.5. The third-order valence-corrected chi connectivity index (χ3v) is 5.66. The number of halogens is 1. The topological polar surface area (TPSA) is 43.4 Å². The van der Waals surface area contributed by atoms with Crippen LogP contribution in [0.15, 0.2) is 48.5 Å². The number of benzene rings is 2. The second-order valence-corrected chi connectivity index (χ2v) is 7.43. The number of hydrogen-bond donors (Lipinski definition) is 0. The van der Waals surface area contributed by atoms with Crippen LogP contribution in [0.3, 0.4) is 0 Å². The lowest BCUT2D eigenvalue weighted by Crippen LogP contribution is -2.41. The summed E-state index contributed by atoms with van der Waals surface area (Å²) < 4.78 is 6.09. The molecule has 1 atom stereocenters. The molecule has 3 rings (SSSR count). The number of carbonyl (C=O) groups is 2. The highest BCUT2D eigenvalue weighted by molar-refractivity contribution is 6.30. The minimum Gasteiger partial charge on any atom is -0.371 e. The van der Waals surface area contributed by atoms with Crippen molar-refractivity contribution < 1.29 is 14.3 Å². The summed E-state index contributed by atoms with van der Waals surface area (Å²) in [6, 6.07) is 14.5. The van der Waals surface area contributed by atoms with Gasteiger partial charge >= 0.3 is 0 Å². The zero-order chi connectivity index (χ0) is 18.9. The van der Waals surface area contributed by atoms with Crippen molar-refractivity contribution in [2.45, 2.75) is 39.2 Å². The highest BCUT2D eigenvalue weighted by Gasteiger charge is 2.55. The van der Waals surface area contributed by atoms with Crippen LogP contribution >= 0.6 is 11.6 Å². The van der Waals surface area contributed by atoms with Crippen LogP contribution in [0.25, 0.3) is 0 Å². The largest absolute Gasteiger partial charge is 0.371 e. The number of hydrogen-bond acceptors (Lipinski definition) is 3. The first-order chi connectivity index (χ1) is 12.4. The second kappa shape index (κ2) is 6.98. The summed E-state index contributed by atoms with van der Waals surface area (Å²) in [5.74, 6) is -0.206. The first-order valence-corrected chi connectivity index (χ1v) is 9.34. The van der Waals surface area contributed by atoms with Gasteiger partial charge in [-0.25, -0.2) is 0 Å². The van der Waals surface area contributed by atoms with E-state index < -0.39 is 11.0 Å². The number of fused-ring (bicyclic) bond motifs is 1. The first-order valence-electron chi connectivity index (χ1n) is 8.96. The predicted molar refractivity (Wildman–Crippen MR) is 103 cm³/mol. The molecular formula is C22H23ClO3. The molecule has 0 radical (unpaired) electrons. The van der Waals surface area contributed by atoms with E-state index in [1.807, 2.05) is 39.0 Å². The van der Waals surface area contributed by atoms with Gasteiger partial charge in [-0.2, -0.15) is 0 Å². The average Bonchev–Trinajstić information content (AvgIpc) is 2.84. The van der Waals surface area contributed by atoms with Crippen molar-refractivity contribution in [3.8, 4) is 0 Å². The molecule has 0 saturated carbocycles. The van der Waals surface area contributed by atoms with Gasteiger partial charge in [0.15, 0.2) is 11.6 Å². The van der Waals surface area contributed by atoms with Crippen molar-refractivity contribution in [1.29, 1.82) is 0 Å². The molecule has 1 unspecified atom stereocenters. The van der Waals surface area contributed by atoms with Gasteiger partial charge in [-0.3, -0.25) is 9.59 Å². The lowest BCUT2D eigenvalue weighted by atomic mass is 9.70. The molecule has 1 aliphatic rings. The van der Waals surface area contributed by atoms with Crippen LogP contribution in [0.1, 0.15) is 59.9 Å². The molecule has 26 heavy (non-hydrogen) atoms. The maximum absolute atomic E-state index is 13.2. The molecule has 0 bridgehead atoms. The summed E-state index contributed by atoms with van der Waals surface area (Å²) >= 11 is 6.18. The van der Waals surface area contributed by atoms with E-state index in [1.54, 1.807) is 30.3 Å². The molecule has 1 aliphatic carbocycles. The lowest BCUT2D eigenvalue weighted by molar-refractivity contribution is -0.0547. The van der Waals surface area contributed by atoms with Gasteiger partial charge < -0.3 is 4.74 Å². The van der Waals surface area contributed by atoms with Crippen LogP contribution in [-0.2, 0) is 10.3 Å². The quantitative estimate of drug-likeness (QED) is 0.634. The van der Waals surface area contributed by atoms with Crippen LogP contribution in [0.2, 0.25) is 5.02 Å². The molecular weight excluding hydrogens is 348 g/mol. The molecule has 0 aromatic heterocycles. The Labute approximate surface area is 159 Å². The molecule has 4 heteroatoms. The first kappa shape index (κ1) is 18.8. The van der Waals surface area contributed by atoms with Gasteiger partial charge in [0.2, 0.25) is 0 Å². The molecule has 0 saturated heterocycles. The number of carbonyl (C=O) groups excluding carboxylic acids is 2. The second-order valence-electron chi connectivity index (χ2n) is 6.99. The molecule has 0 heterocycles. The molecule has 0 amide bonds. The Kier molecular flexibility index (Phi) is 5.05. The van der Waals surface area contributed by atoms with Crippen molar-refractivity contribution in [3.63, 3.8) is 0 Å². The molecule has 0 aliphatic heterocycles. The molecule has 0 N–H and O–H groups in total. The van der Waals surface area contributed by atoms with E-state index >= 15 is 0 Å². The van der Waals surface area contributed by atoms with E-state index in [-0.39, 0.29) is 18.0 Å². The van der Waals surface area contributed by atoms with Crippen LogP contribution in [0.5, 0.6) is 0 Å². The number of ether oxygens (including phenoxy) is 1. The van der Waals surface area contributed by atoms with E-state index in [0.717, 1.165) is 5.56 Å². The molecule has 0 fully saturated rings. The third-order valence-electron chi connectivity index (χ3n) is 5.43. The van der Waals surface area contributed by atoms with Crippen molar-refractivity contribution in [2.24, 2.45) is 5.41 Å². The van der Waals surface area contributed by atoms with Crippen LogP contribution < -0.4 is 0 Å². The maximum Gasteiger partial charge on any atom is 0.177 e. The fourth-order valence-corrected chi connectivity index (χ4v) is 4.24. The van der Waals surface area contributed by atoms with Gasteiger partial charge in [0.05, 0.1) is 11.0 Å². The maximum atomic E-state index is 13.2. The number of Topliss-reactive ketones (excluding diaryl/α,β-unsaturated/α-hetero) is 2. The highest BCUT2D eigenvalue weighted by Crippen LogP contribution is 2.48. The van der Waals surface area contributed by atoms with Crippen molar-refractivity contribution in [2.75, 3.05) is 6.61 Å². The Morgan fingerprint density at radius 3 is 2.12 bits per heavy atom. The fourth-order valence-electron chi connectivity index (χ4n) is 4.05. The van der Waals surface area contributed by atoms with Gasteiger partial charge in [0.1, 0.15) is 0 Å². The molecule has 2 aromatic carbocycles.